The van der Waals surface area contributed by atoms with Crippen LogP contribution in [-0.4, -0.2) is 63.8 Å². The molecule has 0 aromatic heterocycles. The van der Waals surface area contributed by atoms with Crippen LogP contribution in [0.4, 0.5) is 5.69 Å². The number of hydrogen-bond acceptors (Lipinski definition) is 5. The van der Waals surface area contributed by atoms with E-state index < -0.39 is 0 Å². The zero-order chi connectivity index (χ0) is 19.8. The molecule has 1 saturated heterocycles. The number of piperazine rings is 1. The monoisotopic (exact) mass is 403 g/mol. The molecule has 2 aromatic carbocycles. The molecule has 3 rings (SSSR count). The summed E-state index contributed by atoms with van der Waals surface area (Å²) in [6.07, 6.45) is 0. The van der Waals surface area contributed by atoms with Gasteiger partial charge in [-0.2, -0.15) is 0 Å². The largest absolute Gasteiger partial charge is 0.497 e. The first-order chi connectivity index (χ1) is 13.6. The van der Waals surface area contributed by atoms with E-state index in [1.807, 2.05) is 24.3 Å². The first-order valence-corrected chi connectivity index (χ1v) is 9.78. The molecule has 28 heavy (non-hydrogen) atoms. The first kappa shape index (κ1) is 20.3. The van der Waals surface area contributed by atoms with Crippen LogP contribution in [0.15, 0.2) is 48.5 Å². The van der Waals surface area contributed by atoms with E-state index in [0.717, 1.165) is 37.7 Å². The summed E-state index contributed by atoms with van der Waals surface area (Å²) in [5.74, 6) is 1.20. The van der Waals surface area contributed by atoms with Gasteiger partial charge >= 0.3 is 0 Å². The van der Waals surface area contributed by atoms with Gasteiger partial charge in [-0.3, -0.25) is 9.69 Å². The Morgan fingerprint density at radius 3 is 2.50 bits per heavy atom. The Morgan fingerprint density at radius 2 is 1.79 bits per heavy atom. The number of nitrogens with zero attached hydrogens (tertiary/aromatic N) is 2. The minimum atomic E-state index is -0.123. The highest BCUT2D eigenvalue weighted by Gasteiger charge is 2.17. The highest BCUT2D eigenvalue weighted by atomic mass is 35.5. The van der Waals surface area contributed by atoms with Crippen molar-refractivity contribution in [1.29, 1.82) is 0 Å². The summed E-state index contributed by atoms with van der Waals surface area (Å²) in [4.78, 5) is 16.7. The van der Waals surface area contributed by atoms with E-state index in [-0.39, 0.29) is 12.5 Å². The number of carbonyl (C=O) groups is 1. The summed E-state index contributed by atoms with van der Waals surface area (Å²) >= 11 is 5.95. The van der Waals surface area contributed by atoms with Gasteiger partial charge in [0.1, 0.15) is 11.5 Å². The maximum absolute atomic E-state index is 12.0. The average Bonchev–Trinajstić information content (AvgIpc) is 2.73. The van der Waals surface area contributed by atoms with Gasteiger partial charge in [0.25, 0.3) is 5.91 Å². The second-order valence-corrected chi connectivity index (χ2v) is 7.06. The molecule has 1 aliphatic rings. The van der Waals surface area contributed by atoms with Gasteiger partial charge in [-0.05, 0) is 36.4 Å². The zero-order valence-electron chi connectivity index (χ0n) is 16.1. The Hall–Kier alpha value is -2.44. The molecule has 0 radical (unpaired) electrons. The predicted molar refractivity (Wildman–Crippen MR) is 112 cm³/mol. The Balaban J connectivity index is 1.32. The van der Waals surface area contributed by atoms with Crippen molar-refractivity contribution >= 4 is 23.2 Å². The lowest BCUT2D eigenvalue weighted by atomic mass is 10.2. The smallest absolute Gasteiger partial charge is 0.257 e. The van der Waals surface area contributed by atoms with Crippen LogP contribution in [0, 0.1) is 0 Å². The highest BCUT2D eigenvalue weighted by Crippen LogP contribution is 2.20. The fraction of sp³-hybridized carbons (Fsp3) is 0.381. The topological polar surface area (TPSA) is 54.0 Å². The quantitative estimate of drug-likeness (QED) is 0.734. The molecular weight excluding hydrogens is 378 g/mol. The van der Waals surface area contributed by atoms with Gasteiger partial charge in [-0.15, -0.1) is 0 Å². The lowest BCUT2D eigenvalue weighted by Crippen LogP contribution is -2.48. The molecule has 6 nitrogen and oxygen atoms in total. The number of anilines is 1. The van der Waals surface area contributed by atoms with Crippen molar-refractivity contribution in [3.05, 3.63) is 53.6 Å². The van der Waals surface area contributed by atoms with Crippen LogP contribution in [0.5, 0.6) is 11.5 Å². The van der Waals surface area contributed by atoms with Crippen LogP contribution in [0.25, 0.3) is 0 Å². The number of nitrogens with one attached hydrogen (secondary N) is 1. The van der Waals surface area contributed by atoms with E-state index in [0.29, 0.717) is 18.0 Å². The molecular formula is C21H26ClN3O3. The lowest BCUT2D eigenvalue weighted by molar-refractivity contribution is -0.123. The van der Waals surface area contributed by atoms with Gasteiger partial charge in [0.2, 0.25) is 0 Å². The van der Waals surface area contributed by atoms with E-state index in [1.165, 1.54) is 5.69 Å². The van der Waals surface area contributed by atoms with Crippen LogP contribution in [0.3, 0.4) is 0 Å². The summed E-state index contributed by atoms with van der Waals surface area (Å²) in [6, 6.07) is 15.2. The van der Waals surface area contributed by atoms with Crippen molar-refractivity contribution in [2.24, 2.45) is 0 Å². The molecule has 2 aromatic rings. The zero-order valence-corrected chi connectivity index (χ0v) is 16.8. The number of benzene rings is 2. The van der Waals surface area contributed by atoms with Crippen molar-refractivity contribution in [3.8, 4) is 11.5 Å². The molecule has 1 heterocycles. The van der Waals surface area contributed by atoms with E-state index in [9.17, 15) is 4.79 Å². The summed E-state index contributed by atoms with van der Waals surface area (Å²) in [7, 11) is 1.60. The molecule has 0 atom stereocenters. The third kappa shape index (κ3) is 6.04. The first-order valence-electron chi connectivity index (χ1n) is 9.40. The number of amides is 1. The minimum Gasteiger partial charge on any atom is -0.497 e. The normalized spacial score (nSPS) is 14.6. The molecule has 0 unspecified atom stereocenters. The second-order valence-electron chi connectivity index (χ2n) is 6.62. The maximum Gasteiger partial charge on any atom is 0.257 e. The number of hydrogen-bond donors (Lipinski definition) is 1. The summed E-state index contributed by atoms with van der Waals surface area (Å²) in [5.41, 5.74) is 1.20. The standard InChI is InChI=1S/C21H26ClN3O3/c1-27-19-3-2-4-20(15-19)28-16-21(26)23-9-10-24-11-13-25(14-12-24)18-7-5-17(22)6-8-18/h2-8,15H,9-14,16H2,1H3,(H,23,26). The molecule has 150 valence electrons. The minimum absolute atomic E-state index is 0.00247. The number of halogens is 1. The lowest BCUT2D eigenvalue weighted by Gasteiger charge is -2.36. The molecule has 0 saturated carbocycles. The third-order valence-corrected chi connectivity index (χ3v) is 4.98. The molecule has 0 bridgehead atoms. The summed E-state index contributed by atoms with van der Waals surface area (Å²) in [6.45, 7) is 5.32. The van der Waals surface area contributed by atoms with E-state index >= 15 is 0 Å². The van der Waals surface area contributed by atoms with Crippen molar-refractivity contribution < 1.29 is 14.3 Å². The van der Waals surface area contributed by atoms with Crippen molar-refractivity contribution in [2.75, 3.05) is 57.9 Å². The molecule has 1 fully saturated rings. The molecule has 7 heteroatoms. The van der Waals surface area contributed by atoms with Gasteiger partial charge in [-0.25, -0.2) is 0 Å². The Labute approximate surface area is 171 Å². The average molecular weight is 404 g/mol. The van der Waals surface area contributed by atoms with Crippen molar-refractivity contribution in [1.82, 2.24) is 10.2 Å². The Kier molecular flexibility index (Phi) is 7.39. The molecule has 1 amide bonds. The van der Waals surface area contributed by atoms with E-state index in [1.54, 1.807) is 19.2 Å². The van der Waals surface area contributed by atoms with Crippen LogP contribution >= 0.6 is 11.6 Å². The molecule has 0 aliphatic carbocycles. The van der Waals surface area contributed by atoms with E-state index in [2.05, 4.69) is 27.2 Å². The fourth-order valence-electron chi connectivity index (χ4n) is 3.13. The Morgan fingerprint density at radius 1 is 1.07 bits per heavy atom. The SMILES string of the molecule is COc1cccc(OCC(=O)NCCN2CCN(c3ccc(Cl)cc3)CC2)c1. The predicted octanol–water partition coefficient (Wildman–Crippen LogP) is 2.67. The van der Waals surface area contributed by atoms with Gasteiger partial charge in [0, 0.05) is 56.0 Å². The number of ether oxygens (including phenoxy) is 2. The number of methoxy groups -OCH3 is 1. The van der Waals surface area contributed by atoms with Crippen LogP contribution in [-0.2, 0) is 4.79 Å². The van der Waals surface area contributed by atoms with Crippen LogP contribution in [0.2, 0.25) is 5.02 Å². The second kappa shape index (κ2) is 10.2. The van der Waals surface area contributed by atoms with E-state index in [4.69, 9.17) is 21.1 Å². The molecule has 1 aliphatic heterocycles. The summed E-state index contributed by atoms with van der Waals surface area (Å²) in [5, 5.41) is 3.67. The number of rotatable bonds is 8. The van der Waals surface area contributed by atoms with Crippen molar-refractivity contribution in [3.63, 3.8) is 0 Å². The van der Waals surface area contributed by atoms with Gasteiger partial charge < -0.3 is 19.7 Å². The highest BCUT2D eigenvalue weighted by molar-refractivity contribution is 6.30. The van der Waals surface area contributed by atoms with Gasteiger partial charge in [0.05, 0.1) is 7.11 Å². The summed E-state index contributed by atoms with van der Waals surface area (Å²) < 4.78 is 10.6. The molecule has 0 spiro atoms. The number of carbonyl (C=O) groups excluding carboxylic acids is 1. The molecule has 1 N–H and O–H groups in total. The van der Waals surface area contributed by atoms with Crippen molar-refractivity contribution in [2.45, 2.75) is 0 Å². The van der Waals surface area contributed by atoms with Crippen LogP contribution in [0.1, 0.15) is 0 Å². The van der Waals surface area contributed by atoms with Gasteiger partial charge in [-0.1, -0.05) is 17.7 Å². The Bertz CT molecular complexity index is 762. The van der Waals surface area contributed by atoms with Crippen LogP contribution < -0.4 is 19.7 Å². The fourth-order valence-corrected chi connectivity index (χ4v) is 3.25. The maximum atomic E-state index is 12.0. The third-order valence-electron chi connectivity index (χ3n) is 4.73. The van der Waals surface area contributed by atoms with Gasteiger partial charge in [0.15, 0.2) is 6.61 Å².